The lowest BCUT2D eigenvalue weighted by molar-refractivity contribution is 0.195. The standard InChI is InChI=1S/C16H15FN4O/c17-11-1-4-14(5-2-11)21-19-15-6-3-12(9-16(15)20-21)18-13-7-8-22-10-13/h1-6,9,13,18H,7-8,10H2. The minimum atomic E-state index is -0.272. The average Bonchev–Trinajstić information content (AvgIpc) is 3.17. The molecule has 22 heavy (non-hydrogen) atoms. The Hall–Kier alpha value is -2.47. The molecule has 3 aromatic rings. The molecule has 2 heterocycles. The third-order valence-corrected chi connectivity index (χ3v) is 3.74. The zero-order chi connectivity index (χ0) is 14.9. The van der Waals surface area contributed by atoms with Gasteiger partial charge in [-0.1, -0.05) is 0 Å². The summed E-state index contributed by atoms with van der Waals surface area (Å²) >= 11 is 0. The fraction of sp³-hybridized carbons (Fsp3) is 0.250. The number of rotatable bonds is 3. The Morgan fingerprint density at radius 3 is 2.68 bits per heavy atom. The predicted molar refractivity (Wildman–Crippen MR) is 81.7 cm³/mol. The van der Waals surface area contributed by atoms with Gasteiger partial charge in [0.2, 0.25) is 0 Å². The number of halogens is 1. The Kier molecular flexibility index (Phi) is 3.23. The van der Waals surface area contributed by atoms with Gasteiger partial charge in [0, 0.05) is 12.3 Å². The molecule has 0 radical (unpaired) electrons. The van der Waals surface area contributed by atoms with Crippen LogP contribution in [0.3, 0.4) is 0 Å². The summed E-state index contributed by atoms with van der Waals surface area (Å²) in [5.74, 6) is -0.272. The van der Waals surface area contributed by atoms with Crippen LogP contribution in [0.25, 0.3) is 16.7 Å². The largest absolute Gasteiger partial charge is 0.380 e. The molecule has 1 N–H and O–H groups in total. The van der Waals surface area contributed by atoms with Gasteiger partial charge in [-0.3, -0.25) is 0 Å². The quantitative estimate of drug-likeness (QED) is 0.808. The molecule has 1 unspecified atom stereocenters. The monoisotopic (exact) mass is 298 g/mol. The van der Waals surface area contributed by atoms with Crippen LogP contribution >= 0.6 is 0 Å². The van der Waals surface area contributed by atoms with Crippen molar-refractivity contribution in [3.8, 4) is 5.69 Å². The summed E-state index contributed by atoms with van der Waals surface area (Å²) in [6.45, 7) is 1.54. The van der Waals surface area contributed by atoms with Crippen molar-refractivity contribution in [2.45, 2.75) is 12.5 Å². The number of benzene rings is 2. The topological polar surface area (TPSA) is 52.0 Å². The van der Waals surface area contributed by atoms with Crippen LogP contribution in [0.4, 0.5) is 10.1 Å². The number of fused-ring (bicyclic) bond motifs is 1. The van der Waals surface area contributed by atoms with Gasteiger partial charge < -0.3 is 10.1 Å². The first-order chi connectivity index (χ1) is 10.8. The van der Waals surface area contributed by atoms with E-state index in [0.717, 1.165) is 42.0 Å². The van der Waals surface area contributed by atoms with Crippen molar-refractivity contribution in [2.24, 2.45) is 0 Å². The second-order valence-electron chi connectivity index (χ2n) is 5.37. The van der Waals surface area contributed by atoms with E-state index >= 15 is 0 Å². The zero-order valence-electron chi connectivity index (χ0n) is 11.9. The van der Waals surface area contributed by atoms with Crippen molar-refractivity contribution in [1.29, 1.82) is 0 Å². The number of ether oxygens (including phenoxy) is 1. The molecule has 1 fully saturated rings. The van der Waals surface area contributed by atoms with E-state index in [1.165, 1.54) is 16.9 Å². The van der Waals surface area contributed by atoms with Gasteiger partial charge in [-0.05, 0) is 48.9 Å². The van der Waals surface area contributed by atoms with Crippen molar-refractivity contribution >= 4 is 16.7 Å². The van der Waals surface area contributed by atoms with E-state index in [-0.39, 0.29) is 5.82 Å². The first-order valence-electron chi connectivity index (χ1n) is 7.25. The van der Waals surface area contributed by atoms with Gasteiger partial charge in [-0.2, -0.15) is 4.80 Å². The molecule has 6 heteroatoms. The molecular formula is C16H15FN4O. The molecule has 2 aromatic carbocycles. The maximum absolute atomic E-state index is 13.0. The molecule has 1 atom stereocenters. The Morgan fingerprint density at radius 2 is 1.91 bits per heavy atom. The highest BCUT2D eigenvalue weighted by Gasteiger charge is 2.15. The van der Waals surface area contributed by atoms with Gasteiger partial charge in [-0.15, -0.1) is 10.2 Å². The summed E-state index contributed by atoms with van der Waals surface area (Å²) in [5.41, 5.74) is 3.34. The number of aromatic nitrogens is 3. The molecule has 4 rings (SSSR count). The summed E-state index contributed by atoms with van der Waals surface area (Å²) in [6.07, 6.45) is 1.01. The van der Waals surface area contributed by atoms with E-state index in [2.05, 4.69) is 15.5 Å². The lowest BCUT2D eigenvalue weighted by Gasteiger charge is -2.11. The Balaban J connectivity index is 1.64. The van der Waals surface area contributed by atoms with Gasteiger partial charge in [0.25, 0.3) is 0 Å². The molecule has 0 spiro atoms. The summed E-state index contributed by atoms with van der Waals surface area (Å²) in [7, 11) is 0. The minimum absolute atomic E-state index is 0.272. The second-order valence-corrected chi connectivity index (χ2v) is 5.37. The summed E-state index contributed by atoms with van der Waals surface area (Å²) in [4.78, 5) is 1.52. The van der Waals surface area contributed by atoms with Crippen LogP contribution < -0.4 is 5.32 Å². The van der Waals surface area contributed by atoms with Gasteiger partial charge in [-0.25, -0.2) is 4.39 Å². The van der Waals surface area contributed by atoms with Gasteiger partial charge >= 0.3 is 0 Å². The van der Waals surface area contributed by atoms with E-state index in [9.17, 15) is 4.39 Å². The molecule has 112 valence electrons. The van der Waals surface area contributed by atoms with Gasteiger partial charge in [0.1, 0.15) is 16.9 Å². The lowest BCUT2D eigenvalue weighted by atomic mass is 10.2. The summed E-state index contributed by atoms with van der Waals surface area (Å²) in [6, 6.07) is 12.4. The van der Waals surface area contributed by atoms with Crippen LogP contribution in [0, 0.1) is 5.82 Å². The minimum Gasteiger partial charge on any atom is -0.380 e. The molecule has 5 nitrogen and oxygen atoms in total. The smallest absolute Gasteiger partial charge is 0.123 e. The normalized spacial score (nSPS) is 18.0. The number of hydrogen-bond acceptors (Lipinski definition) is 4. The second kappa shape index (κ2) is 5.38. The number of nitrogens with zero attached hydrogens (tertiary/aromatic N) is 3. The maximum atomic E-state index is 13.0. The van der Waals surface area contributed by atoms with E-state index in [1.54, 1.807) is 12.1 Å². The fourth-order valence-electron chi connectivity index (χ4n) is 2.58. The molecule has 1 aliphatic rings. The Morgan fingerprint density at radius 1 is 1.09 bits per heavy atom. The third kappa shape index (κ3) is 2.53. The van der Waals surface area contributed by atoms with Crippen molar-refractivity contribution in [3.05, 3.63) is 48.3 Å². The molecule has 1 aliphatic heterocycles. The fourth-order valence-corrected chi connectivity index (χ4v) is 2.58. The van der Waals surface area contributed by atoms with Crippen molar-refractivity contribution in [3.63, 3.8) is 0 Å². The van der Waals surface area contributed by atoms with Crippen LogP contribution in [0.2, 0.25) is 0 Å². The molecule has 0 aliphatic carbocycles. The average molecular weight is 298 g/mol. The molecule has 0 saturated carbocycles. The number of anilines is 1. The van der Waals surface area contributed by atoms with E-state index in [0.29, 0.717) is 6.04 Å². The predicted octanol–water partition coefficient (Wildman–Crippen LogP) is 2.76. The van der Waals surface area contributed by atoms with E-state index < -0.39 is 0 Å². The molecule has 0 amide bonds. The number of nitrogens with one attached hydrogen (secondary N) is 1. The number of hydrogen-bond donors (Lipinski definition) is 1. The lowest BCUT2D eigenvalue weighted by Crippen LogP contribution is -2.18. The first-order valence-corrected chi connectivity index (χ1v) is 7.25. The van der Waals surface area contributed by atoms with Crippen molar-refractivity contribution in [2.75, 3.05) is 18.5 Å². The van der Waals surface area contributed by atoms with Crippen LogP contribution in [0.1, 0.15) is 6.42 Å². The van der Waals surface area contributed by atoms with Crippen molar-refractivity contribution in [1.82, 2.24) is 15.0 Å². The van der Waals surface area contributed by atoms with Gasteiger partial charge in [0.05, 0.1) is 18.3 Å². The molecule has 1 saturated heterocycles. The maximum Gasteiger partial charge on any atom is 0.123 e. The zero-order valence-corrected chi connectivity index (χ0v) is 11.9. The summed E-state index contributed by atoms with van der Waals surface area (Å²) < 4.78 is 18.3. The first kappa shape index (κ1) is 13.2. The van der Waals surface area contributed by atoms with Gasteiger partial charge in [0.15, 0.2) is 0 Å². The highest BCUT2D eigenvalue weighted by molar-refractivity contribution is 5.78. The van der Waals surface area contributed by atoms with E-state index in [4.69, 9.17) is 4.74 Å². The van der Waals surface area contributed by atoms with Crippen molar-refractivity contribution < 1.29 is 9.13 Å². The molecule has 0 bridgehead atoms. The van der Waals surface area contributed by atoms with Crippen LogP contribution in [-0.2, 0) is 4.74 Å². The van der Waals surface area contributed by atoms with E-state index in [1.807, 2.05) is 18.2 Å². The van der Waals surface area contributed by atoms with Crippen LogP contribution in [0.5, 0.6) is 0 Å². The molecular weight excluding hydrogens is 283 g/mol. The van der Waals surface area contributed by atoms with Crippen LogP contribution in [-0.4, -0.2) is 34.2 Å². The Bertz CT molecular complexity index is 794. The SMILES string of the molecule is Fc1ccc(-n2nc3ccc(NC4CCOC4)cc3n2)cc1. The Labute approximate surface area is 126 Å². The molecule has 1 aromatic heterocycles. The highest BCUT2D eigenvalue weighted by atomic mass is 19.1. The highest BCUT2D eigenvalue weighted by Crippen LogP contribution is 2.20. The summed E-state index contributed by atoms with van der Waals surface area (Å²) in [5, 5.41) is 12.3. The van der Waals surface area contributed by atoms with Crippen LogP contribution in [0.15, 0.2) is 42.5 Å². The third-order valence-electron chi connectivity index (χ3n) is 3.74.